The first-order valence-electron chi connectivity index (χ1n) is 7.84. The third kappa shape index (κ3) is 3.72. The van der Waals surface area contributed by atoms with E-state index in [1.54, 1.807) is 28.3 Å². The summed E-state index contributed by atoms with van der Waals surface area (Å²) in [5.74, 6) is -0.0440. The zero-order chi connectivity index (χ0) is 15.9. The molecule has 2 heterocycles. The van der Waals surface area contributed by atoms with Gasteiger partial charge in [0.2, 0.25) is 11.8 Å². The Morgan fingerprint density at radius 1 is 1.41 bits per heavy atom. The molecule has 1 atom stereocenters. The van der Waals surface area contributed by atoms with Crippen molar-refractivity contribution in [2.24, 2.45) is 0 Å². The first-order chi connectivity index (χ1) is 10.7. The maximum absolute atomic E-state index is 12.5. The molecular formula is C17H23N3O2. The van der Waals surface area contributed by atoms with Crippen molar-refractivity contribution in [2.75, 3.05) is 19.6 Å². The van der Waals surface area contributed by atoms with E-state index in [1.165, 1.54) is 6.08 Å². The average molecular weight is 301 g/mol. The number of rotatable bonds is 5. The normalized spacial score (nSPS) is 17.9. The van der Waals surface area contributed by atoms with Gasteiger partial charge in [-0.2, -0.15) is 0 Å². The molecule has 1 aliphatic heterocycles. The van der Waals surface area contributed by atoms with E-state index < -0.39 is 0 Å². The molecule has 1 aromatic heterocycles. The summed E-state index contributed by atoms with van der Waals surface area (Å²) in [7, 11) is 0. The second-order valence-electron chi connectivity index (χ2n) is 5.32. The predicted molar refractivity (Wildman–Crippen MR) is 85.9 cm³/mol. The first-order valence-corrected chi connectivity index (χ1v) is 7.84. The highest BCUT2D eigenvalue weighted by Crippen LogP contribution is 2.20. The summed E-state index contributed by atoms with van der Waals surface area (Å²) in [5.41, 5.74) is 0.877. The van der Waals surface area contributed by atoms with Crippen LogP contribution in [0.15, 0.2) is 30.6 Å². The van der Waals surface area contributed by atoms with Gasteiger partial charge in [0.15, 0.2) is 0 Å². The van der Waals surface area contributed by atoms with Crippen LogP contribution in [0.5, 0.6) is 0 Å². The van der Waals surface area contributed by atoms with E-state index in [0.717, 1.165) is 18.4 Å². The lowest BCUT2D eigenvalue weighted by Gasteiger charge is -2.28. The highest BCUT2D eigenvalue weighted by Gasteiger charge is 2.34. The molecule has 0 aliphatic carbocycles. The Hall–Kier alpha value is -2.17. The molecule has 1 fully saturated rings. The largest absolute Gasteiger partial charge is 0.341 e. The molecule has 1 aromatic rings. The number of amides is 2. The second-order valence-corrected chi connectivity index (χ2v) is 5.32. The van der Waals surface area contributed by atoms with E-state index in [4.69, 9.17) is 0 Å². The first kappa shape index (κ1) is 16.2. The molecule has 0 bridgehead atoms. The number of carbonyl (C=O) groups excluding carboxylic acids is 2. The van der Waals surface area contributed by atoms with Crippen LogP contribution in [-0.4, -0.2) is 52.3 Å². The van der Waals surface area contributed by atoms with Crippen LogP contribution >= 0.6 is 0 Å². The fraction of sp³-hybridized carbons (Fsp3) is 0.471. The Morgan fingerprint density at radius 3 is 2.82 bits per heavy atom. The van der Waals surface area contributed by atoms with E-state index in [2.05, 4.69) is 4.98 Å². The summed E-state index contributed by atoms with van der Waals surface area (Å²) in [6, 6.07) is 3.40. The van der Waals surface area contributed by atoms with Crippen molar-refractivity contribution in [1.29, 1.82) is 0 Å². The second kappa shape index (κ2) is 7.73. The summed E-state index contributed by atoms with van der Waals surface area (Å²) < 4.78 is 0. The summed E-state index contributed by atoms with van der Waals surface area (Å²) in [6.45, 7) is 5.93. The van der Waals surface area contributed by atoms with Crippen LogP contribution in [0.3, 0.4) is 0 Å². The third-order valence-corrected chi connectivity index (χ3v) is 4.00. The lowest BCUT2D eigenvalue weighted by atomic mass is 10.2. The molecule has 118 valence electrons. The number of hydrogen-bond donors (Lipinski definition) is 0. The van der Waals surface area contributed by atoms with E-state index >= 15 is 0 Å². The molecule has 0 saturated carbocycles. The maximum atomic E-state index is 12.5. The van der Waals surface area contributed by atoms with Crippen LogP contribution in [-0.2, 0) is 9.59 Å². The molecule has 1 saturated heterocycles. The molecule has 22 heavy (non-hydrogen) atoms. The highest BCUT2D eigenvalue weighted by atomic mass is 16.2. The fourth-order valence-electron chi connectivity index (χ4n) is 2.77. The van der Waals surface area contributed by atoms with E-state index in [0.29, 0.717) is 19.6 Å². The minimum Gasteiger partial charge on any atom is -0.341 e. The fourth-order valence-corrected chi connectivity index (χ4v) is 2.77. The Labute approximate surface area is 131 Å². The molecule has 1 aliphatic rings. The average Bonchev–Trinajstić information content (AvgIpc) is 3.04. The van der Waals surface area contributed by atoms with Gasteiger partial charge in [0.05, 0.1) is 0 Å². The smallest absolute Gasteiger partial charge is 0.247 e. The van der Waals surface area contributed by atoms with Crippen molar-refractivity contribution in [3.63, 3.8) is 0 Å². The molecule has 0 unspecified atom stereocenters. The molecule has 0 aromatic carbocycles. The van der Waals surface area contributed by atoms with Gasteiger partial charge < -0.3 is 9.80 Å². The quantitative estimate of drug-likeness (QED) is 0.781. The van der Waals surface area contributed by atoms with Gasteiger partial charge in [-0.1, -0.05) is 6.07 Å². The molecule has 0 radical (unpaired) electrons. The summed E-state index contributed by atoms with van der Waals surface area (Å²) in [5, 5.41) is 0. The van der Waals surface area contributed by atoms with Crippen molar-refractivity contribution >= 4 is 17.9 Å². The van der Waals surface area contributed by atoms with Gasteiger partial charge in [0.1, 0.15) is 6.04 Å². The van der Waals surface area contributed by atoms with Gasteiger partial charge in [-0.15, -0.1) is 0 Å². The van der Waals surface area contributed by atoms with Gasteiger partial charge in [-0.3, -0.25) is 14.6 Å². The highest BCUT2D eigenvalue weighted by molar-refractivity contribution is 5.96. The Kier molecular flexibility index (Phi) is 5.69. The molecule has 0 N–H and O–H groups in total. The Balaban J connectivity index is 2.05. The molecule has 5 nitrogen and oxygen atoms in total. The SMILES string of the molecule is CCN(CC)C(=O)[C@@H]1CCCN1C(=O)/C=C\c1cccnc1. The molecular weight excluding hydrogens is 278 g/mol. The van der Waals surface area contributed by atoms with Gasteiger partial charge in [-0.05, 0) is 44.4 Å². The zero-order valence-electron chi connectivity index (χ0n) is 13.2. The molecule has 2 amide bonds. The lowest BCUT2D eigenvalue weighted by molar-refractivity contribution is -0.141. The van der Waals surface area contributed by atoms with Crippen molar-refractivity contribution < 1.29 is 9.59 Å². The van der Waals surface area contributed by atoms with Gasteiger partial charge in [0, 0.05) is 38.1 Å². The topological polar surface area (TPSA) is 53.5 Å². The van der Waals surface area contributed by atoms with Crippen LogP contribution < -0.4 is 0 Å². The number of hydrogen-bond acceptors (Lipinski definition) is 3. The summed E-state index contributed by atoms with van der Waals surface area (Å²) >= 11 is 0. The predicted octanol–water partition coefficient (Wildman–Crippen LogP) is 1.95. The van der Waals surface area contributed by atoms with Crippen LogP contribution in [0, 0.1) is 0 Å². The summed E-state index contributed by atoms with van der Waals surface area (Å²) in [4.78, 5) is 32.4. The molecule has 2 rings (SSSR count). The van der Waals surface area contributed by atoms with Crippen molar-refractivity contribution in [1.82, 2.24) is 14.8 Å². The lowest BCUT2D eigenvalue weighted by Crippen LogP contribution is -2.47. The number of nitrogens with zero attached hydrogens (tertiary/aromatic N) is 3. The molecule has 5 heteroatoms. The monoisotopic (exact) mass is 301 g/mol. The van der Waals surface area contributed by atoms with Crippen molar-refractivity contribution in [2.45, 2.75) is 32.7 Å². The summed E-state index contributed by atoms with van der Waals surface area (Å²) in [6.07, 6.45) is 8.30. The zero-order valence-corrected chi connectivity index (χ0v) is 13.2. The minimum atomic E-state index is -0.314. The Morgan fingerprint density at radius 2 is 2.18 bits per heavy atom. The standard InChI is InChI=1S/C17H23N3O2/c1-3-19(4-2)17(22)15-8-6-12-20(15)16(21)10-9-14-7-5-11-18-13-14/h5,7,9-11,13,15H,3-4,6,8,12H2,1-2H3/b10-9-/t15-/m0/s1. The van der Waals surface area contributed by atoms with Crippen LogP contribution in [0.2, 0.25) is 0 Å². The third-order valence-electron chi connectivity index (χ3n) is 4.00. The number of carbonyl (C=O) groups is 2. The van der Waals surface area contributed by atoms with Crippen molar-refractivity contribution in [3.05, 3.63) is 36.2 Å². The van der Waals surface area contributed by atoms with E-state index in [9.17, 15) is 9.59 Å². The van der Waals surface area contributed by atoms with E-state index in [1.807, 2.05) is 26.0 Å². The number of aromatic nitrogens is 1. The number of likely N-dealkylation sites (N-methyl/N-ethyl adjacent to an activating group) is 1. The minimum absolute atomic E-state index is 0.0608. The molecule has 0 spiro atoms. The number of pyridine rings is 1. The maximum Gasteiger partial charge on any atom is 0.247 e. The Bertz CT molecular complexity index is 538. The van der Waals surface area contributed by atoms with Crippen molar-refractivity contribution in [3.8, 4) is 0 Å². The number of likely N-dealkylation sites (tertiary alicyclic amines) is 1. The van der Waals surface area contributed by atoms with Crippen LogP contribution in [0.1, 0.15) is 32.3 Å². The van der Waals surface area contributed by atoms with E-state index in [-0.39, 0.29) is 17.9 Å². The van der Waals surface area contributed by atoms with Gasteiger partial charge >= 0.3 is 0 Å². The van der Waals surface area contributed by atoms with Gasteiger partial charge in [-0.25, -0.2) is 0 Å². The van der Waals surface area contributed by atoms with Crippen LogP contribution in [0.25, 0.3) is 6.08 Å². The van der Waals surface area contributed by atoms with Gasteiger partial charge in [0.25, 0.3) is 0 Å². The van der Waals surface area contributed by atoms with Crippen LogP contribution in [0.4, 0.5) is 0 Å².